The number of aryl methyl sites for hydroxylation is 1. The van der Waals surface area contributed by atoms with E-state index >= 15 is 0 Å². The van der Waals surface area contributed by atoms with Crippen LogP contribution in [-0.2, 0) is 7.05 Å². The molecule has 1 aromatic heterocycles. The standard InChI is InChI=1S/C11H16N2O3/c1-13-7-9(11(14)15)10(12-13)16-8-5-3-2-4-6-8/h7-8H,2-6H2,1H3,(H,14,15). The van der Waals surface area contributed by atoms with Crippen molar-refractivity contribution in [3.8, 4) is 5.88 Å². The summed E-state index contributed by atoms with van der Waals surface area (Å²) in [4.78, 5) is 10.9. The third-order valence-electron chi connectivity index (χ3n) is 2.86. The van der Waals surface area contributed by atoms with Crippen molar-refractivity contribution in [2.24, 2.45) is 7.05 Å². The van der Waals surface area contributed by atoms with Gasteiger partial charge < -0.3 is 9.84 Å². The zero-order valence-electron chi connectivity index (χ0n) is 9.35. The largest absolute Gasteiger partial charge is 0.477 e. The number of hydrogen-bond acceptors (Lipinski definition) is 3. The van der Waals surface area contributed by atoms with Crippen LogP contribution in [0.3, 0.4) is 0 Å². The molecular weight excluding hydrogens is 208 g/mol. The summed E-state index contributed by atoms with van der Waals surface area (Å²) in [6, 6.07) is 0. The highest BCUT2D eigenvalue weighted by molar-refractivity contribution is 5.89. The average molecular weight is 224 g/mol. The van der Waals surface area contributed by atoms with E-state index in [1.165, 1.54) is 17.3 Å². The zero-order chi connectivity index (χ0) is 11.5. The first-order chi connectivity index (χ1) is 7.66. The zero-order valence-corrected chi connectivity index (χ0v) is 9.35. The maximum atomic E-state index is 10.9. The first-order valence-corrected chi connectivity index (χ1v) is 5.60. The molecule has 5 heteroatoms. The first-order valence-electron chi connectivity index (χ1n) is 5.60. The van der Waals surface area contributed by atoms with Crippen LogP contribution < -0.4 is 4.74 Å². The molecule has 0 saturated heterocycles. The minimum Gasteiger partial charge on any atom is -0.477 e. The molecule has 0 spiro atoms. The number of aromatic carboxylic acids is 1. The van der Waals surface area contributed by atoms with Crippen LogP contribution in [-0.4, -0.2) is 27.0 Å². The molecule has 1 heterocycles. The lowest BCUT2D eigenvalue weighted by Crippen LogP contribution is -2.20. The molecule has 1 N–H and O–H groups in total. The number of carbonyl (C=O) groups is 1. The van der Waals surface area contributed by atoms with Crippen LogP contribution in [0.4, 0.5) is 0 Å². The number of rotatable bonds is 3. The van der Waals surface area contributed by atoms with Crippen LogP contribution in [0, 0.1) is 0 Å². The second kappa shape index (κ2) is 4.55. The summed E-state index contributed by atoms with van der Waals surface area (Å²) in [5, 5.41) is 13.0. The lowest BCUT2D eigenvalue weighted by atomic mass is 9.98. The number of nitrogens with zero attached hydrogens (tertiary/aromatic N) is 2. The van der Waals surface area contributed by atoms with E-state index in [1.807, 2.05) is 0 Å². The Balaban J connectivity index is 2.10. The van der Waals surface area contributed by atoms with Crippen molar-refractivity contribution >= 4 is 5.97 Å². The number of ether oxygens (including phenoxy) is 1. The summed E-state index contributed by atoms with van der Waals surface area (Å²) in [6.07, 6.45) is 7.14. The van der Waals surface area contributed by atoms with Gasteiger partial charge in [-0.05, 0) is 25.7 Å². The highest BCUT2D eigenvalue weighted by Gasteiger charge is 2.21. The molecule has 0 amide bonds. The van der Waals surface area contributed by atoms with Crippen molar-refractivity contribution in [3.05, 3.63) is 11.8 Å². The summed E-state index contributed by atoms with van der Waals surface area (Å²) in [5.74, 6) is -0.735. The van der Waals surface area contributed by atoms with Gasteiger partial charge in [0.2, 0.25) is 5.88 Å². The maximum Gasteiger partial charge on any atom is 0.342 e. The van der Waals surface area contributed by atoms with Gasteiger partial charge in [0, 0.05) is 13.2 Å². The SMILES string of the molecule is Cn1cc(C(=O)O)c(OC2CCCCC2)n1. The molecule has 1 aliphatic rings. The maximum absolute atomic E-state index is 10.9. The van der Waals surface area contributed by atoms with E-state index in [4.69, 9.17) is 9.84 Å². The van der Waals surface area contributed by atoms with E-state index in [0.717, 1.165) is 25.7 Å². The summed E-state index contributed by atoms with van der Waals surface area (Å²) in [6.45, 7) is 0. The third-order valence-corrected chi connectivity index (χ3v) is 2.86. The normalized spacial score (nSPS) is 17.3. The molecule has 0 bridgehead atoms. The molecule has 16 heavy (non-hydrogen) atoms. The molecule has 0 aromatic carbocycles. The molecule has 1 saturated carbocycles. The van der Waals surface area contributed by atoms with Gasteiger partial charge in [0.15, 0.2) is 0 Å². The minimum atomic E-state index is -0.987. The Kier molecular flexibility index (Phi) is 3.12. The second-order valence-electron chi connectivity index (χ2n) is 4.20. The smallest absolute Gasteiger partial charge is 0.342 e. The van der Waals surface area contributed by atoms with Crippen LogP contribution in [0.25, 0.3) is 0 Å². The lowest BCUT2D eigenvalue weighted by molar-refractivity contribution is 0.0685. The van der Waals surface area contributed by atoms with Crippen LogP contribution in [0.15, 0.2) is 6.20 Å². The minimum absolute atomic E-state index is 0.127. The molecule has 0 atom stereocenters. The second-order valence-corrected chi connectivity index (χ2v) is 4.20. The third kappa shape index (κ3) is 2.35. The Bertz CT molecular complexity index is 381. The van der Waals surface area contributed by atoms with E-state index < -0.39 is 5.97 Å². The fourth-order valence-electron chi connectivity index (χ4n) is 2.04. The number of aromatic nitrogens is 2. The van der Waals surface area contributed by atoms with Crippen molar-refractivity contribution < 1.29 is 14.6 Å². The predicted octanol–water partition coefficient (Wildman–Crippen LogP) is 1.83. The highest BCUT2D eigenvalue weighted by Crippen LogP contribution is 2.24. The van der Waals surface area contributed by atoms with Gasteiger partial charge in [-0.25, -0.2) is 4.79 Å². The molecule has 0 aliphatic heterocycles. The Morgan fingerprint density at radius 3 is 2.81 bits per heavy atom. The molecule has 0 radical (unpaired) electrons. The van der Waals surface area contributed by atoms with Crippen molar-refractivity contribution in [3.63, 3.8) is 0 Å². The molecule has 0 unspecified atom stereocenters. The van der Waals surface area contributed by atoms with E-state index in [2.05, 4.69) is 5.10 Å². The Labute approximate surface area is 94.0 Å². The Hall–Kier alpha value is -1.52. The summed E-state index contributed by atoms with van der Waals surface area (Å²) in [5.41, 5.74) is 0.146. The van der Waals surface area contributed by atoms with E-state index in [0.29, 0.717) is 0 Å². The molecule has 1 fully saturated rings. The molecule has 88 valence electrons. The fraction of sp³-hybridized carbons (Fsp3) is 0.636. The van der Waals surface area contributed by atoms with E-state index in [9.17, 15) is 4.79 Å². The monoisotopic (exact) mass is 224 g/mol. The van der Waals surface area contributed by atoms with Crippen LogP contribution in [0.5, 0.6) is 5.88 Å². The van der Waals surface area contributed by atoms with Crippen LogP contribution >= 0.6 is 0 Å². The van der Waals surface area contributed by atoms with Gasteiger partial charge in [-0.2, -0.15) is 0 Å². The quantitative estimate of drug-likeness (QED) is 0.850. The van der Waals surface area contributed by atoms with Gasteiger partial charge in [0.05, 0.1) is 0 Å². The topological polar surface area (TPSA) is 64.4 Å². The van der Waals surface area contributed by atoms with Crippen molar-refractivity contribution in [2.75, 3.05) is 0 Å². The van der Waals surface area contributed by atoms with Gasteiger partial charge in [-0.1, -0.05) is 6.42 Å². The van der Waals surface area contributed by atoms with Crippen LogP contribution in [0.2, 0.25) is 0 Å². The van der Waals surface area contributed by atoms with Gasteiger partial charge in [0.1, 0.15) is 11.7 Å². The van der Waals surface area contributed by atoms with Crippen molar-refractivity contribution in [1.29, 1.82) is 0 Å². The number of carboxylic acid groups (broad SMARTS) is 1. The lowest BCUT2D eigenvalue weighted by Gasteiger charge is -2.21. The number of hydrogen-bond donors (Lipinski definition) is 1. The molecule has 2 rings (SSSR count). The van der Waals surface area contributed by atoms with Crippen molar-refractivity contribution in [1.82, 2.24) is 9.78 Å². The molecule has 1 aromatic rings. The predicted molar refractivity (Wildman–Crippen MR) is 57.7 cm³/mol. The fourth-order valence-corrected chi connectivity index (χ4v) is 2.04. The molecular formula is C11H16N2O3. The Morgan fingerprint density at radius 1 is 1.50 bits per heavy atom. The number of carboxylic acids is 1. The van der Waals surface area contributed by atoms with Crippen LogP contribution in [0.1, 0.15) is 42.5 Å². The Morgan fingerprint density at radius 2 is 2.19 bits per heavy atom. The molecule has 1 aliphatic carbocycles. The van der Waals surface area contributed by atoms with Gasteiger partial charge >= 0.3 is 5.97 Å². The molecule has 5 nitrogen and oxygen atoms in total. The summed E-state index contributed by atoms with van der Waals surface area (Å²) in [7, 11) is 1.69. The van der Waals surface area contributed by atoms with E-state index in [-0.39, 0.29) is 17.5 Å². The summed E-state index contributed by atoms with van der Waals surface area (Å²) >= 11 is 0. The summed E-state index contributed by atoms with van der Waals surface area (Å²) < 4.78 is 7.13. The first kappa shape index (κ1) is 11.0. The van der Waals surface area contributed by atoms with Gasteiger partial charge in [-0.15, -0.1) is 5.10 Å². The van der Waals surface area contributed by atoms with Crippen molar-refractivity contribution in [2.45, 2.75) is 38.2 Å². The average Bonchev–Trinajstić information content (AvgIpc) is 2.61. The van der Waals surface area contributed by atoms with Gasteiger partial charge in [-0.3, -0.25) is 4.68 Å². The highest BCUT2D eigenvalue weighted by atomic mass is 16.5. The van der Waals surface area contributed by atoms with Gasteiger partial charge in [0.25, 0.3) is 0 Å². The van der Waals surface area contributed by atoms with E-state index in [1.54, 1.807) is 7.05 Å².